The fraction of sp³-hybridized carbons (Fsp3) is 0.391. The second-order valence-electron chi connectivity index (χ2n) is 7.72. The van der Waals surface area contributed by atoms with Crippen LogP contribution in [0.2, 0.25) is 0 Å². The van der Waals surface area contributed by atoms with Crippen molar-refractivity contribution in [3.8, 4) is 17.2 Å². The molecule has 0 aromatic heterocycles. The molecule has 1 saturated heterocycles. The highest BCUT2D eigenvalue weighted by Crippen LogP contribution is 2.34. The number of carbonyl (C=O) groups excluding carboxylic acids is 2. The lowest BCUT2D eigenvalue weighted by Gasteiger charge is -2.31. The van der Waals surface area contributed by atoms with E-state index in [1.165, 1.54) is 0 Å². The molecule has 0 radical (unpaired) electrons. The van der Waals surface area contributed by atoms with Crippen LogP contribution in [0.3, 0.4) is 0 Å². The van der Waals surface area contributed by atoms with Crippen molar-refractivity contribution in [3.05, 3.63) is 48.0 Å². The van der Waals surface area contributed by atoms with Crippen LogP contribution in [0.1, 0.15) is 18.4 Å². The third-order valence-electron chi connectivity index (χ3n) is 5.43. The minimum absolute atomic E-state index is 0.0366. The Morgan fingerprint density at radius 3 is 2.71 bits per heavy atom. The summed E-state index contributed by atoms with van der Waals surface area (Å²) in [6, 6.07) is 13.0. The third-order valence-corrected chi connectivity index (χ3v) is 5.43. The zero-order chi connectivity index (χ0) is 21.6. The summed E-state index contributed by atoms with van der Waals surface area (Å²) in [6.45, 7) is 4.13. The highest BCUT2D eigenvalue weighted by molar-refractivity contribution is 5.93. The Morgan fingerprint density at radius 2 is 1.90 bits per heavy atom. The molecule has 2 aliphatic heterocycles. The Bertz CT molecular complexity index is 941. The van der Waals surface area contributed by atoms with Crippen LogP contribution >= 0.6 is 0 Å². The van der Waals surface area contributed by atoms with Gasteiger partial charge in [0.1, 0.15) is 12.4 Å². The van der Waals surface area contributed by atoms with Gasteiger partial charge >= 0.3 is 6.03 Å². The number of carbonyl (C=O) groups is 2. The van der Waals surface area contributed by atoms with Gasteiger partial charge in [-0.1, -0.05) is 12.1 Å². The molecule has 164 valence electrons. The molecule has 0 bridgehead atoms. The first kappa shape index (κ1) is 20.8. The molecule has 2 aromatic rings. The van der Waals surface area contributed by atoms with E-state index < -0.39 is 0 Å². The number of hydrogen-bond acceptors (Lipinski definition) is 5. The van der Waals surface area contributed by atoms with E-state index >= 15 is 0 Å². The minimum atomic E-state index is -0.126. The maximum absolute atomic E-state index is 12.6. The largest absolute Gasteiger partial charge is 0.492 e. The predicted octanol–water partition coefficient (Wildman–Crippen LogP) is 3.16. The number of aryl methyl sites for hydroxylation is 1. The first-order chi connectivity index (χ1) is 15.1. The first-order valence-corrected chi connectivity index (χ1v) is 10.5. The van der Waals surface area contributed by atoms with Gasteiger partial charge in [0.25, 0.3) is 0 Å². The predicted molar refractivity (Wildman–Crippen MR) is 116 cm³/mol. The number of hydrogen-bond donors (Lipinski definition) is 2. The van der Waals surface area contributed by atoms with Crippen LogP contribution in [0.5, 0.6) is 17.2 Å². The average Bonchev–Trinajstić information content (AvgIpc) is 3.25. The second-order valence-corrected chi connectivity index (χ2v) is 7.72. The standard InChI is InChI=1S/C23H27N3O5/c1-16-3-2-4-19(13-16)29-12-9-24-23(28)26-10-7-17(8-11-26)22(27)25-18-5-6-20-21(14-18)31-15-30-20/h2-6,13-14,17H,7-12,15H2,1H3,(H,24,28)(H,25,27). The van der Waals surface area contributed by atoms with Crippen LogP contribution < -0.4 is 24.8 Å². The molecule has 0 atom stereocenters. The number of fused-ring (bicyclic) bond motifs is 1. The Balaban J connectivity index is 1.16. The summed E-state index contributed by atoms with van der Waals surface area (Å²) in [4.78, 5) is 26.7. The monoisotopic (exact) mass is 425 g/mol. The fourth-order valence-electron chi connectivity index (χ4n) is 3.71. The Kier molecular flexibility index (Phi) is 6.45. The van der Waals surface area contributed by atoms with Crippen LogP contribution in [0.25, 0.3) is 0 Å². The maximum Gasteiger partial charge on any atom is 0.317 e. The smallest absolute Gasteiger partial charge is 0.317 e. The molecule has 0 spiro atoms. The van der Waals surface area contributed by atoms with Gasteiger partial charge in [0.15, 0.2) is 11.5 Å². The normalized spacial score (nSPS) is 15.5. The van der Waals surface area contributed by atoms with Gasteiger partial charge < -0.3 is 29.7 Å². The van der Waals surface area contributed by atoms with Gasteiger partial charge in [-0.2, -0.15) is 0 Å². The molecule has 0 saturated carbocycles. The first-order valence-electron chi connectivity index (χ1n) is 10.5. The SMILES string of the molecule is Cc1cccc(OCCNC(=O)N2CCC(C(=O)Nc3ccc4c(c3)OCO4)CC2)c1. The molecule has 2 heterocycles. The van der Waals surface area contributed by atoms with Crippen molar-refractivity contribution in [1.82, 2.24) is 10.2 Å². The number of likely N-dealkylation sites (tertiary alicyclic amines) is 1. The van der Waals surface area contributed by atoms with Crippen molar-refractivity contribution in [2.45, 2.75) is 19.8 Å². The van der Waals surface area contributed by atoms with Crippen LogP contribution in [0.15, 0.2) is 42.5 Å². The Hall–Kier alpha value is -3.42. The number of rotatable bonds is 6. The van der Waals surface area contributed by atoms with Crippen LogP contribution in [-0.4, -0.2) is 49.9 Å². The summed E-state index contributed by atoms with van der Waals surface area (Å²) < 4.78 is 16.3. The van der Waals surface area contributed by atoms with Crippen LogP contribution in [0, 0.1) is 12.8 Å². The van der Waals surface area contributed by atoms with Gasteiger partial charge in [-0.3, -0.25) is 4.79 Å². The van der Waals surface area contributed by atoms with E-state index in [1.54, 1.807) is 23.1 Å². The Labute approximate surface area is 181 Å². The number of ether oxygens (including phenoxy) is 3. The van der Waals surface area contributed by atoms with E-state index in [-0.39, 0.29) is 24.6 Å². The summed E-state index contributed by atoms with van der Waals surface area (Å²) in [5.74, 6) is 1.95. The van der Waals surface area contributed by atoms with Gasteiger partial charge in [-0.25, -0.2) is 4.79 Å². The number of nitrogens with zero attached hydrogens (tertiary/aromatic N) is 1. The molecule has 2 N–H and O–H groups in total. The van der Waals surface area contributed by atoms with Crippen LogP contribution in [0.4, 0.5) is 10.5 Å². The summed E-state index contributed by atoms with van der Waals surface area (Å²) in [5, 5.41) is 5.82. The number of benzene rings is 2. The number of amides is 3. The van der Waals surface area contributed by atoms with E-state index in [2.05, 4.69) is 10.6 Å². The van der Waals surface area contributed by atoms with Gasteiger partial charge in [-0.05, 0) is 49.6 Å². The summed E-state index contributed by atoms with van der Waals surface area (Å²) in [5.41, 5.74) is 1.81. The number of anilines is 1. The molecule has 4 rings (SSSR count). The average molecular weight is 425 g/mol. The van der Waals surface area contributed by atoms with Gasteiger partial charge in [0, 0.05) is 30.8 Å². The van der Waals surface area contributed by atoms with Gasteiger partial charge in [0.05, 0.1) is 6.54 Å². The molecule has 8 heteroatoms. The lowest BCUT2D eigenvalue weighted by molar-refractivity contribution is -0.121. The molecule has 31 heavy (non-hydrogen) atoms. The highest BCUT2D eigenvalue weighted by atomic mass is 16.7. The molecular weight excluding hydrogens is 398 g/mol. The summed E-state index contributed by atoms with van der Waals surface area (Å²) in [6.07, 6.45) is 1.26. The van der Waals surface area contributed by atoms with Gasteiger partial charge in [0.2, 0.25) is 12.7 Å². The van der Waals surface area contributed by atoms with E-state index in [9.17, 15) is 9.59 Å². The van der Waals surface area contributed by atoms with Crippen molar-refractivity contribution in [3.63, 3.8) is 0 Å². The summed E-state index contributed by atoms with van der Waals surface area (Å²) in [7, 11) is 0. The fourth-order valence-corrected chi connectivity index (χ4v) is 3.71. The van der Waals surface area contributed by atoms with E-state index in [4.69, 9.17) is 14.2 Å². The lowest BCUT2D eigenvalue weighted by atomic mass is 9.96. The third kappa shape index (κ3) is 5.39. The zero-order valence-corrected chi connectivity index (χ0v) is 17.6. The van der Waals surface area contributed by atoms with E-state index in [1.807, 2.05) is 31.2 Å². The molecule has 0 unspecified atom stereocenters. The van der Waals surface area contributed by atoms with Crippen LogP contribution in [-0.2, 0) is 4.79 Å². The number of piperidine rings is 1. The Morgan fingerprint density at radius 1 is 1.10 bits per heavy atom. The quantitative estimate of drug-likeness (QED) is 0.694. The van der Waals surface area contributed by atoms with E-state index in [0.29, 0.717) is 56.3 Å². The van der Waals surface area contributed by atoms with Crippen molar-refractivity contribution < 1.29 is 23.8 Å². The number of urea groups is 1. The molecule has 2 aliphatic rings. The number of nitrogens with one attached hydrogen (secondary N) is 2. The lowest BCUT2D eigenvalue weighted by Crippen LogP contribution is -2.46. The molecule has 0 aliphatic carbocycles. The second kappa shape index (κ2) is 9.59. The molecule has 1 fully saturated rings. The molecule has 8 nitrogen and oxygen atoms in total. The van der Waals surface area contributed by atoms with Gasteiger partial charge in [-0.15, -0.1) is 0 Å². The topological polar surface area (TPSA) is 89.1 Å². The van der Waals surface area contributed by atoms with Crippen molar-refractivity contribution >= 4 is 17.6 Å². The molecule has 2 aromatic carbocycles. The molecule has 3 amide bonds. The van der Waals surface area contributed by atoms with Crippen molar-refractivity contribution in [2.24, 2.45) is 5.92 Å². The van der Waals surface area contributed by atoms with E-state index in [0.717, 1.165) is 11.3 Å². The zero-order valence-electron chi connectivity index (χ0n) is 17.6. The minimum Gasteiger partial charge on any atom is -0.492 e. The molecular formula is C23H27N3O5. The van der Waals surface area contributed by atoms with Crippen molar-refractivity contribution in [2.75, 3.05) is 38.4 Å². The van der Waals surface area contributed by atoms with Crippen molar-refractivity contribution in [1.29, 1.82) is 0 Å². The summed E-state index contributed by atoms with van der Waals surface area (Å²) >= 11 is 0. The maximum atomic E-state index is 12.6. The highest BCUT2D eigenvalue weighted by Gasteiger charge is 2.27.